The average Bonchev–Trinajstić information content (AvgIpc) is 3.18. The van der Waals surface area contributed by atoms with E-state index in [1.165, 1.54) is 11.3 Å². The van der Waals surface area contributed by atoms with E-state index in [9.17, 15) is 9.59 Å². The van der Waals surface area contributed by atoms with E-state index in [0.29, 0.717) is 17.0 Å². The smallest absolute Gasteiger partial charge is 0.262 e. The zero-order valence-electron chi connectivity index (χ0n) is 13.4. The number of amides is 2. The van der Waals surface area contributed by atoms with Crippen LogP contribution in [0.25, 0.3) is 0 Å². The third kappa shape index (κ3) is 4.74. The van der Waals surface area contributed by atoms with E-state index in [4.69, 9.17) is 0 Å². The maximum absolute atomic E-state index is 12.7. The molecule has 0 spiro atoms. The molecule has 0 saturated heterocycles. The molecule has 2 aromatic heterocycles. The lowest BCUT2D eigenvalue weighted by molar-refractivity contribution is -0.118. The number of pyridine rings is 1. The van der Waals surface area contributed by atoms with Crippen LogP contribution in [0.3, 0.4) is 0 Å². The third-order valence-corrected chi connectivity index (χ3v) is 4.45. The second-order valence-corrected chi connectivity index (χ2v) is 6.37. The minimum atomic E-state index is -0.683. The fourth-order valence-electron chi connectivity index (χ4n) is 2.36. The molecule has 0 radical (unpaired) electrons. The highest BCUT2D eigenvalue weighted by Crippen LogP contribution is 2.11. The van der Waals surface area contributed by atoms with Crippen molar-refractivity contribution in [2.45, 2.75) is 12.5 Å². The maximum atomic E-state index is 12.7. The minimum absolute atomic E-state index is 0.253. The van der Waals surface area contributed by atoms with Crippen LogP contribution < -0.4 is 10.6 Å². The molecular weight excluding hydrogens is 334 g/mol. The number of anilines is 1. The van der Waals surface area contributed by atoms with Gasteiger partial charge in [-0.1, -0.05) is 36.4 Å². The highest BCUT2D eigenvalue weighted by molar-refractivity contribution is 7.12. The topological polar surface area (TPSA) is 71.1 Å². The number of thiophene rings is 1. The fraction of sp³-hybridized carbons (Fsp3) is 0.105. The molecule has 6 heteroatoms. The SMILES string of the molecule is O=C(NC(Cc1ccccc1)C(=O)Nc1cccnc1)c1cccs1. The molecule has 5 nitrogen and oxygen atoms in total. The first-order valence-corrected chi connectivity index (χ1v) is 8.69. The Hall–Kier alpha value is -2.99. The van der Waals surface area contributed by atoms with E-state index < -0.39 is 6.04 Å². The van der Waals surface area contributed by atoms with E-state index in [-0.39, 0.29) is 11.8 Å². The Morgan fingerprint density at radius 1 is 1.04 bits per heavy atom. The number of carbonyl (C=O) groups is 2. The molecule has 1 aromatic carbocycles. The average molecular weight is 351 g/mol. The lowest BCUT2D eigenvalue weighted by Gasteiger charge is -2.18. The fourth-order valence-corrected chi connectivity index (χ4v) is 2.99. The van der Waals surface area contributed by atoms with Gasteiger partial charge < -0.3 is 10.6 Å². The molecule has 0 bridgehead atoms. The van der Waals surface area contributed by atoms with Crippen molar-refractivity contribution in [2.75, 3.05) is 5.32 Å². The van der Waals surface area contributed by atoms with Gasteiger partial charge in [0.2, 0.25) is 5.91 Å². The normalized spacial score (nSPS) is 11.5. The highest BCUT2D eigenvalue weighted by atomic mass is 32.1. The van der Waals surface area contributed by atoms with E-state index in [1.807, 2.05) is 41.8 Å². The summed E-state index contributed by atoms with van der Waals surface area (Å²) in [7, 11) is 0. The van der Waals surface area contributed by atoms with Gasteiger partial charge >= 0.3 is 0 Å². The molecule has 0 aliphatic carbocycles. The van der Waals surface area contributed by atoms with Crippen molar-refractivity contribution in [3.8, 4) is 0 Å². The number of nitrogens with one attached hydrogen (secondary N) is 2. The number of hydrogen-bond donors (Lipinski definition) is 2. The first kappa shape index (κ1) is 16.9. The van der Waals surface area contributed by atoms with Gasteiger partial charge in [0.15, 0.2) is 0 Å². The zero-order valence-corrected chi connectivity index (χ0v) is 14.2. The summed E-state index contributed by atoms with van der Waals surface area (Å²) in [5.74, 6) is -0.529. The molecule has 3 aromatic rings. The van der Waals surface area contributed by atoms with Gasteiger partial charge in [0.05, 0.1) is 16.8 Å². The molecule has 0 fully saturated rings. The lowest BCUT2D eigenvalue weighted by Crippen LogP contribution is -2.45. The van der Waals surface area contributed by atoms with Crippen molar-refractivity contribution < 1.29 is 9.59 Å². The largest absolute Gasteiger partial charge is 0.339 e. The Morgan fingerprint density at radius 3 is 2.56 bits per heavy atom. The number of carbonyl (C=O) groups excluding carboxylic acids is 2. The van der Waals surface area contributed by atoms with Crippen LogP contribution >= 0.6 is 11.3 Å². The van der Waals surface area contributed by atoms with Gasteiger partial charge in [0, 0.05) is 12.6 Å². The molecule has 1 atom stereocenters. The molecule has 2 amide bonds. The summed E-state index contributed by atoms with van der Waals surface area (Å²) in [6.07, 6.45) is 3.61. The van der Waals surface area contributed by atoms with Gasteiger partial charge in [0.25, 0.3) is 5.91 Å². The molecule has 2 heterocycles. The van der Waals surface area contributed by atoms with Crippen LogP contribution in [0.1, 0.15) is 15.2 Å². The van der Waals surface area contributed by atoms with Crippen LogP contribution in [0.4, 0.5) is 5.69 Å². The number of rotatable bonds is 6. The van der Waals surface area contributed by atoms with E-state index in [1.54, 1.807) is 30.6 Å². The van der Waals surface area contributed by atoms with Crippen molar-refractivity contribution >= 4 is 28.8 Å². The van der Waals surface area contributed by atoms with Crippen molar-refractivity contribution in [3.63, 3.8) is 0 Å². The van der Waals surface area contributed by atoms with E-state index in [0.717, 1.165) is 5.56 Å². The Bertz CT molecular complexity index is 820. The van der Waals surface area contributed by atoms with Crippen LogP contribution in [-0.2, 0) is 11.2 Å². The van der Waals surface area contributed by atoms with Crippen LogP contribution in [-0.4, -0.2) is 22.8 Å². The van der Waals surface area contributed by atoms with Gasteiger partial charge in [-0.3, -0.25) is 14.6 Å². The molecule has 25 heavy (non-hydrogen) atoms. The molecule has 0 aliphatic rings. The summed E-state index contributed by atoms with van der Waals surface area (Å²) in [6, 6.07) is 16.0. The highest BCUT2D eigenvalue weighted by Gasteiger charge is 2.22. The van der Waals surface area contributed by atoms with Crippen LogP contribution in [0.5, 0.6) is 0 Å². The minimum Gasteiger partial charge on any atom is -0.339 e. The summed E-state index contributed by atoms with van der Waals surface area (Å²) in [4.78, 5) is 29.6. The summed E-state index contributed by atoms with van der Waals surface area (Å²) >= 11 is 1.34. The quantitative estimate of drug-likeness (QED) is 0.717. The van der Waals surface area contributed by atoms with Gasteiger partial charge in [0.1, 0.15) is 6.04 Å². The Labute approximate surface area is 149 Å². The van der Waals surface area contributed by atoms with Crippen molar-refractivity contribution in [1.29, 1.82) is 0 Å². The number of nitrogens with zero attached hydrogens (tertiary/aromatic N) is 1. The van der Waals surface area contributed by atoms with Crippen molar-refractivity contribution in [2.24, 2.45) is 0 Å². The molecule has 2 N–H and O–H groups in total. The summed E-state index contributed by atoms with van der Waals surface area (Å²) in [5, 5.41) is 7.46. The maximum Gasteiger partial charge on any atom is 0.262 e. The first-order valence-electron chi connectivity index (χ1n) is 7.81. The van der Waals surface area contributed by atoms with Gasteiger partial charge in [-0.15, -0.1) is 11.3 Å². The van der Waals surface area contributed by atoms with Crippen LogP contribution in [0.15, 0.2) is 72.4 Å². The van der Waals surface area contributed by atoms with Gasteiger partial charge in [-0.2, -0.15) is 0 Å². The van der Waals surface area contributed by atoms with E-state index in [2.05, 4.69) is 15.6 Å². The van der Waals surface area contributed by atoms with Crippen LogP contribution in [0, 0.1) is 0 Å². The number of aromatic nitrogens is 1. The monoisotopic (exact) mass is 351 g/mol. The standard InChI is InChI=1S/C19H17N3O2S/c23-18(21-15-8-4-10-20-13-15)16(12-14-6-2-1-3-7-14)22-19(24)17-9-5-11-25-17/h1-11,13,16H,12H2,(H,21,23)(H,22,24). The molecule has 1 unspecified atom stereocenters. The summed E-state index contributed by atoms with van der Waals surface area (Å²) < 4.78 is 0. The van der Waals surface area contributed by atoms with Crippen molar-refractivity contribution in [3.05, 3.63) is 82.8 Å². The predicted octanol–water partition coefficient (Wildman–Crippen LogP) is 3.12. The number of hydrogen-bond acceptors (Lipinski definition) is 4. The van der Waals surface area contributed by atoms with E-state index >= 15 is 0 Å². The second kappa shape index (κ2) is 8.21. The second-order valence-electron chi connectivity index (χ2n) is 5.42. The summed E-state index contributed by atoms with van der Waals surface area (Å²) in [5.41, 5.74) is 1.57. The first-order chi connectivity index (χ1) is 12.2. The van der Waals surface area contributed by atoms with Crippen molar-refractivity contribution in [1.82, 2.24) is 10.3 Å². The van der Waals surface area contributed by atoms with Gasteiger partial charge in [-0.05, 0) is 29.1 Å². The van der Waals surface area contributed by atoms with Crippen LogP contribution in [0.2, 0.25) is 0 Å². The molecule has 0 aliphatic heterocycles. The van der Waals surface area contributed by atoms with Gasteiger partial charge in [-0.25, -0.2) is 0 Å². The number of benzene rings is 1. The molecular formula is C19H17N3O2S. The third-order valence-electron chi connectivity index (χ3n) is 3.58. The lowest BCUT2D eigenvalue weighted by atomic mass is 10.0. The molecule has 0 saturated carbocycles. The molecule has 126 valence electrons. The Balaban J connectivity index is 1.75. The molecule has 3 rings (SSSR count). The Kier molecular flexibility index (Phi) is 5.53. The Morgan fingerprint density at radius 2 is 1.88 bits per heavy atom. The summed E-state index contributed by atoms with van der Waals surface area (Å²) in [6.45, 7) is 0. The predicted molar refractivity (Wildman–Crippen MR) is 98.6 cm³/mol. The zero-order chi connectivity index (χ0) is 17.5.